The first-order valence-electron chi connectivity index (χ1n) is 6.76. The first-order valence-corrected chi connectivity index (χ1v) is 8.73. The zero-order chi connectivity index (χ0) is 14.8. The average molecular weight is 432 g/mol. The zero-order valence-corrected chi connectivity index (χ0v) is 15.1. The van der Waals surface area contributed by atoms with Crippen molar-refractivity contribution in [3.8, 4) is 11.5 Å². The number of hydrogen-bond donors (Lipinski definition) is 1. The maximum atomic E-state index is 6.17. The van der Waals surface area contributed by atoms with Crippen molar-refractivity contribution >= 4 is 43.5 Å². The average Bonchev–Trinajstić information content (AvgIpc) is 3.26. The monoisotopic (exact) mass is 429 g/mol. The van der Waals surface area contributed by atoms with Crippen LogP contribution in [0.15, 0.2) is 45.3 Å². The molecule has 1 saturated carbocycles. The van der Waals surface area contributed by atoms with Gasteiger partial charge in [0.2, 0.25) is 0 Å². The van der Waals surface area contributed by atoms with Crippen molar-refractivity contribution in [3.63, 3.8) is 0 Å². The summed E-state index contributed by atoms with van der Waals surface area (Å²) in [7, 11) is 0. The van der Waals surface area contributed by atoms with Gasteiger partial charge in [0.1, 0.15) is 11.5 Å². The normalized spacial score (nSPS) is 14.2. The Labute approximate surface area is 146 Å². The first kappa shape index (κ1) is 15.3. The summed E-state index contributed by atoms with van der Waals surface area (Å²) in [6.07, 6.45) is 2.59. The molecule has 0 heterocycles. The van der Waals surface area contributed by atoms with Crippen LogP contribution in [0.3, 0.4) is 0 Å². The van der Waals surface area contributed by atoms with Gasteiger partial charge in [-0.2, -0.15) is 0 Å². The van der Waals surface area contributed by atoms with Crippen LogP contribution in [0.2, 0.25) is 5.02 Å². The Bertz CT molecular complexity index is 659. The van der Waals surface area contributed by atoms with Crippen molar-refractivity contribution in [1.29, 1.82) is 0 Å². The standard InChI is InChI=1S/C16H14Br2ClNO/c17-11-2-6-16(14(19)8-11)21-15-5-1-10(7-13(15)18)9-20-12-3-4-12/h1-2,5-8,12,20H,3-4,9H2. The molecular weight excluding hydrogens is 417 g/mol. The van der Waals surface area contributed by atoms with Crippen LogP contribution in [-0.2, 0) is 6.54 Å². The zero-order valence-electron chi connectivity index (χ0n) is 11.2. The Morgan fingerprint density at radius 2 is 1.86 bits per heavy atom. The van der Waals surface area contributed by atoms with Gasteiger partial charge < -0.3 is 10.1 Å². The molecule has 0 saturated heterocycles. The Hall–Kier alpha value is -0.550. The summed E-state index contributed by atoms with van der Waals surface area (Å²) >= 11 is 13.1. The highest BCUT2D eigenvalue weighted by atomic mass is 79.9. The first-order chi connectivity index (χ1) is 10.1. The maximum Gasteiger partial charge on any atom is 0.146 e. The van der Waals surface area contributed by atoms with E-state index in [1.54, 1.807) is 0 Å². The summed E-state index contributed by atoms with van der Waals surface area (Å²) in [4.78, 5) is 0. The highest BCUT2D eigenvalue weighted by Crippen LogP contribution is 2.35. The smallest absolute Gasteiger partial charge is 0.146 e. The van der Waals surface area contributed by atoms with Crippen LogP contribution >= 0.6 is 43.5 Å². The van der Waals surface area contributed by atoms with Gasteiger partial charge >= 0.3 is 0 Å². The summed E-state index contributed by atoms with van der Waals surface area (Å²) in [5, 5.41) is 4.08. The number of benzene rings is 2. The summed E-state index contributed by atoms with van der Waals surface area (Å²) in [5.41, 5.74) is 1.24. The largest absolute Gasteiger partial charge is 0.455 e. The molecule has 1 fully saturated rings. The molecule has 0 spiro atoms. The Morgan fingerprint density at radius 1 is 1.10 bits per heavy atom. The molecule has 0 amide bonds. The van der Waals surface area contributed by atoms with Crippen LogP contribution < -0.4 is 10.1 Å². The van der Waals surface area contributed by atoms with E-state index in [1.165, 1.54) is 18.4 Å². The van der Waals surface area contributed by atoms with Crippen molar-refractivity contribution in [2.24, 2.45) is 0 Å². The van der Waals surface area contributed by atoms with Gasteiger partial charge in [0.25, 0.3) is 0 Å². The molecule has 0 aliphatic heterocycles. The van der Waals surface area contributed by atoms with Crippen LogP contribution in [0.4, 0.5) is 0 Å². The highest BCUT2D eigenvalue weighted by Gasteiger charge is 2.20. The summed E-state index contributed by atoms with van der Waals surface area (Å²) in [6, 6.07) is 12.4. The SMILES string of the molecule is Clc1cc(Br)ccc1Oc1ccc(CNC2CC2)cc1Br. The molecule has 1 aliphatic rings. The van der Waals surface area contributed by atoms with Crippen molar-refractivity contribution < 1.29 is 4.74 Å². The second kappa shape index (κ2) is 6.69. The van der Waals surface area contributed by atoms with Gasteiger partial charge in [0, 0.05) is 17.1 Å². The molecule has 2 aromatic carbocycles. The lowest BCUT2D eigenvalue weighted by atomic mass is 10.2. The van der Waals surface area contributed by atoms with E-state index in [0.29, 0.717) is 16.8 Å². The second-order valence-electron chi connectivity index (χ2n) is 5.10. The van der Waals surface area contributed by atoms with Gasteiger partial charge in [0.05, 0.1) is 9.50 Å². The van der Waals surface area contributed by atoms with Crippen LogP contribution in [0, 0.1) is 0 Å². The van der Waals surface area contributed by atoms with E-state index in [1.807, 2.05) is 24.3 Å². The van der Waals surface area contributed by atoms with Gasteiger partial charge in [-0.15, -0.1) is 0 Å². The predicted octanol–water partition coefficient (Wildman–Crippen LogP) is 5.91. The highest BCUT2D eigenvalue weighted by molar-refractivity contribution is 9.10. The Balaban J connectivity index is 1.72. The molecule has 5 heteroatoms. The van der Waals surface area contributed by atoms with E-state index >= 15 is 0 Å². The molecule has 0 bridgehead atoms. The molecule has 2 aromatic rings. The van der Waals surface area contributed by atoms with E-state index in [0.717, 1.165) is 21.2 Å². The number of hydrogen-bond acceptors (Lipinski definition) is 2. The Kier molecular flexibility index (Phi) is 4.89. The quantitative estimate of drug-likeness (QED) is 0.636. The van der Waals surface area contributed by atoms with Crippen molar-refractivity contribution in [2.45, 2.75) is 25.4 Å². The number of halogens is 3. The van der Waals surface area contributed by atoms with Crippen molar-refractivity contribution in [3.05, 3.63) is 55.9 Å². The molecule has 110 valence electrons. The van der Waals surface area contributed by atoms with Crippen LogP contribution in [0.25, 0.3) is 0 Å². The molecular formula is C16H14Br2ClNO. The van der Waals surface area contributed by atoms with Gasteiger partial charge in [-0.3, -0.25) is 0 Å². The summed E-state index contributed by atoms with van der Waals surface area (Å²) < 4.78 is 7.73. The van der Waals surface area contributed by atoms with Crippen LogP contribution in [0.1, 0.15) is 18.4 Å². The van der Waals surface area contributed by atoms with Gasteiger partial charge in [-0.1, -0.05) is 33.6 Å². The summed E-state index contributed by atoms with van der Waals surface area (Å²) in [5.74, 6) is 1.40. The molecule has 3 rings (SSSR count). The lowest BCUT2D eigenvalue weighted by Gasteiger charge is -2.11. The van der Waals surface area contributed by atoms with E-state index in [-0.39, 0.29) is 0 Å². The third-order valence-corrected chi connectivity index (χ3v) is 4.69. The molecule has 21 heavy (non-hydrogen) atoms. The Morgan fingerprint density at radius 3 is 2.52 bits per heavy atom. The summed E-state index contributed by atoms with van der Waals surface area (Å²) in [6.45, 7) is 0.891. The van der Waals surface area contributed by atoms with Crippen LogP contribution in [-0.4, -0.2) is 6.04 Å². The third-order valence-electron chi connectivity index (χ3n) is 3.28. The van der Waals surface area contributed by atoms with Crippen LogP contribution in [0.5, 0.6) is 11.5 Å². The molecule has 1 aliphatic carbocycles. The third kappa shape index (κ3) is 4.22. The minimum absolute atomic E-state index is 0.579. The number of rotatable bonds is 5. The lowest BCUT2D eigenvalue weighted by Crippen LogP contribution is -2.15. The minimum Gasteiger partial charge on any atom is -0.455 e. The fourth-order valence-electron chi connectivity index (χ4n) is 1.96. The van der Waals surface area contributed by atoms with E-state index in [2.05, 4.69) is 49.3 Å². The van der Waals surface area contributed by atoms with Crippen molar-refractivity contribution in [2.75, 3.05) is 0 Å². The molecule has 0 radical (unpaired) electrons. The predicted molar refractivity (Wildman–Crippen MR) is 93.2 cm³/mol. The number of ether oxygens (including phenoxy) is 1. The molecule has 1 N–H and O–H groups in total. The molecule has 0 unspecified atom stereocenters. The van der Waals surface area contributed by atoms with E-state index in [9.17, 15) is 0 Å². The van der Waals surface area contributed by atoms with Gasteiger partial charge in [-0.05, 0) is 64.7 Å². The van der Waals surface area contributed by atoms with E-state index in [4.69, 9.17) is 16.3 Å². The fourth-order valence-corrected chi connectivity index (χ4v) is 3.18. The molecule has 2 nitrogen and oxygen atoms in total. The van der Waals surface area contributed by atoms with Gasteiger partial charge in [0.15, 0.2) is 0 Å². The number of nitrogens with one attached hydrogen (secondary N) is 1. The molecule has 0 aromatic heterocycles. The van der Waals surface area contributed by atoms with E-state index < -0.39 is 0 Å². The molecule has 0 atom stereocenters. The topological polar surface area (TPSA) is 21.3 Å². The van der Waals surface area contributed by atoms with Crippen molar-refractivity contribution in [1.82, 2.24) is 5.32 Å². The maximum absolute atomic E-state index is 6.17. The minimum atomic E-state index is 0.579. The fraction of sp³-hybridized carbons (Fsp3) is 0.250. The van der Waals surface area contributed by atoms with Gasteiger partial charge in [-0.25, -0.2) is 0 Å². The second-order valence-corrected chi connectivity index (χ2v) is 7.27. The lowest BCUT2D eigenvalue weighted by molar-refractivity contribution is 0.479.